The first kappa shape index (κ1) is 19.6. The summed E-state index contributed by atoms with van der Waals surface area (Å²) in [6.45, 7) is 0. The van der Waals surface area contributed by atoms with Crippen molar-refractivity contribution in [1.29, 1.82) is 0 Å². The summed E-state index contributed by atoms with van der Waals surface area (Å²) in [7, 11) is -13.4. The van der Waals surface area contributed by atoms with Crippen molar-refractivity contribution in [1.82, 2.24) is 0 Å². The molecule has 0 aliphatic heterocycles. The first-order valence-corrected chi connectivity index (χ1v) is 9.35. The maximum absolute atomic E-state index is 12.7. The summed E-state index contributed by atoms with van der Waals surface area (Å²) in [5.41, 5.74) is -12.3. The van der Waals surface area contributed by atoms with Crippen molar-refractivity contribution in [2.45, 2.75) is 22.0 Å². The Bertz CT molecular complexity index is 908. The van der Waals surface area contributed by atoms with Gasteiger partial charge in [-0.15, -0.1) is 0 Å². The molecule has 0 unspecified atom stereocenters. The highest BCUT2D eigenvalue weighted by Crippen LogP contribution is 2.38. The van der Waals surface area contributed by atoms with E-state index >= 15 is 0 Å². The number of sulfone groups is 2. The number of para-hydroxylation sites is 1. The third kappa shape index (κ3) is 3.47. The molecule has 0 saturated carbocycles. The van der Waals surface area contributed by atoms with Crippen LogP contribution in [0.4, 0.5) is 26.3 Å². The fourth-order valence-electron chi connectivity index (χ4n) is 1.99. The van der Waals surface area contributed by atoms with Crippen LogP contribution < -0.4 is 0 Å². The van der Waals surface area contributed by atoms with Crippen LogP contribution in [-0.4, -0.2) is 32.4 Å². The third-order valence-electron chi connectivity index (χ3n) is 3.18. The maximum atomic E-state index is 12.7. The van der Waals surface area contributed by atoms with Gasteiger partial charge < -0.3 is 4.42 Å². The van der Waals surface area contributed by atoms with Gasteiger partial charge in [-0.2, -0.15) is 26.3 Å². The van der Waals surface area contributed by atoms with Crippen LogP contribution in [0.2, 0.25) is 0 Å². The highest BCUT2D eigenvalue weighted by Gasteiger charge is 2.62. The van der Waals surface area contributed by atoms with E-state index in [0.717, 1.165) is 6.07 Å². The monoisotopic (exact) mass is 410 g/mol. The molecule has 5 nitrogen and oxygen atoms in total. The van der Waals surface area contributed by atoms with Gasteiger partial charge in [0, 0.05) is 11.8 Å². The Morgan fingerprint density at radius 3 is 1.80 bits per heavy atom. The first-order chi connectivity index (χ1) is 11.2. The Balaban J connectivity index is 2.60. The number of rotatable bonds is 4. The second kappa shape index (κ2) is 5.90. The lowest BCUT2D eigenvalue weighted by Crippen LogP contribution is -2.46. The van der Waals surface area contributed by atoms with E-state index in [4.69, 9.17) is 4.42 Å². The van der Waals surface area contributed by atoms with E-state index in [1.165, 1.54) is 24.3 Å². The Morgan fingerprint density at radius 2 is 1.36 bits per heavy atom. The number of benzene rings is 1. The summed E-state index contributed by atoms with van der Waals surface area (Å²) >= 11 is 0. The van der Waals surface area contributed by atoms with Gasteiger partial charge in [0.1, 0.15) is 11.3 Å². The molecule has 0 saturated heterocycles. The second-order valence-electron chi connectivity index (χ2n) is 4.87. The minimum atomic E-state index is -6.68. The van der Waals surface area contributed by atoms with Gasteiger partial charge in [0.2, 0.25) is 0 Å². The van der Waals surface area contributed by atoms with Crippen LogP contribution in [-0.2, 0) is 26.1 Å². The summed E-state index contributed by atoms with van der Waals surface area (Å²) in [5, 5.41) is 0.255. The van der Waals surface area contributed by atoms with Gasteiger partial charge in [-0.25, -0.2) is 16.8 Å². The summed E-state index contributed by atoms with van der Waals surface area (Å²) in [6.07, 6.45) is -1.64. The van der Waals surface area contributed by atoms with Gasteiger partial charge >= 0.3 is 11.0 Å². The standard InChI is InChI=1S/C12H8F6O5S2/c13-11(14,15)24(19,20)10(25(21,22)12(16,17)18)6-8-5-7-3-1-2-4-9(7)23-8/h1-5,10H,6H2. The van der Waals surface area contributed by atoms with Crippen LogP contribution >= 0.6 is 0 Å². The number of halogens is 6. The molecule has 1 aromatic heterocycles. The molecule has 1 heterocycles. The van der Waals surface area contributed by atoms with Crippen LogP contribution in [0, 0.1) is 0 Å². The first-order valence-electron chi connectivity index (χ1n) is 6.25. The molecule has 13 heteroatoms. The molecular weight excluding hydrogens is 402 g/mol. The Kier molecular flexibility index (Phi) is 4.62. The lowest BCUT2D eigenvalue weighted by atomic mass is 10.2. The van der Waals surface area contributed by atoms with E-state index in [9.17, 15) is 43.2 Å². The van der Waals surface area contributed by atoms with Crippen molar-refractivity contribution in [2.24, 2.45) is 0 Å². The van der Waals surface area contributed by atoms with Crippen molar-refractivity contribution in [2.75, 3.05) is 0 Å². The molecule has 0 amide bonds. The smallest absolute Gasteiger partial charge is 0.461 e. The molecular formula is C12H8F6O5S2. The molecule has 25 heavy (non-hydrogen) atoms. The lowest BCUT2D eigenvalue weighted by molar-refractivity contribution is -0.0471. The van der Waals surface area contributed by atoms with Crippen LogP contribution in [0.25, 0.3) is 11.0 Å². The maximum Gasteiger partial charge on any atom is 0.498 e. The molecule has 140 valence electrons. The van der Waals surface area contributed by atoms with Gasteiger partial charge in [-0.1, -0.05) is 18.2 Å². The van der Waals surface area contributed by atoms with E-state index in [1.54, 1.807) is 0 Å². The predicted octanol–water partition coefficient (Wildman–Crippen LogP) is 3.17. The molecule has 0 atom stereocenters. The second-order valence-corrected chi connectivity index (χ2v) is 9.41. The summed E-state index contributed by atoms with van der Waals surface area (Å²) in [6, 6.07) is 6.63. The van der Waals surface area contributed by atoms with Crippen molar-refractivity contribution < 1.29 is 47.6 Å². The molecule has 0 radical (unpaired) electrons. The average molecular weight is 410 g/mol. The van der Waals surface area contributed by atoms with E-state index in [2.05, 4.69) is 0 Å². The fourth-order valence-corrected chi connectivity index (χ4v) is 5.34. The highest BCUT2D eigenvalue weighted by molar-refractivity contribution is 8.09. The van der Waals surface area contributed by atoms with Gasteiger partial charge in [0.15, 0.2) is 4.58 Å². The molecule has 0 aliphatic carbocycles. The SMILES string of the molecule is O=S(=O)(C(Cc1cc2ccccc2o1)S(=O)(=O)C(F)(F)F)C(F)(F)F. The molecule has 0 bridgehead atoms. The topological polar surface area (TPSA) is 81.4 Å². The molecule has 0 aliphatic rings. The number of furan rings is 1. The van der Waals surface area contributed by atoms with Gasteiger partial charge in [-0.05, 0) is 12.1 Å². The van der Waals surface area contributed by atoms with Crippen LogP contribution in [0.15, 0.2) is 34.7 Å². The largest absolute Gasteiger partial charge is 0.498 e. The fraction of sp³-hybridized carbons (Fsp3) is 0.333. The predicted molar refractivity (Wildman–Crippen MR) is 73.7 cm³/mol. The van der Waals surface area contributed by atoms with Gasteiger partial charge in [0.05, 0.1) is 0 Å². The quantitative estimate of drug-likeness (QED) is 0.724. The van der Waals surface area contributed by atoms with E-state index in [0.29, 0.717) is 0 Å². The number of hydrogen-bond donors (Lipinski definition) is 0. The van der Waals surface area contributed by atoms with Crippen molar-refractivity contribution in [3.63, 3.8) is 0 Å². The zero-order valence-corrected chi connectivity index (χ0v) is 13.4. The van der Waals surface area contributed by atoms with E-state index in [-0.39, 0.29) is 11.0 Å². The minimum Gasteiger partial charge on any atom is -0.461 e. The summed E-state index contributed by atoms with van der Waals surface area (Å²) in [4.78, 5) is 0. The lowest BCUT2D eigenvalue weighted by Gasteiger charge is -2.20. The molecule has 0 spiro atoms. The number of fused-ring (bicyclic) bond motifs is 1. The Labute approximate surface area is 137 Å². The normalized spacial score (nSPS) is 14.4. The van der Waals surface area contributed by atoms with Crippen molar-refractivity contribution in [3.8, 4) is 0 Å². The minimum absolute atomic E-state index is 0.0464. The summed E-state index contributed by atoms with van der Waals surface area (Å²) < 4.78 is 123. The zero-order chi connectivity index (χ0) is 19.3. The van der Waals surface area contributed by atoms with Crippen LogP contribution in [0.5, 0.6) is 0 Å². The average Bonchev–Trinajstić information content (AvgIpc) is 2.84. The number of hydrogen-bond acceptors (Lipinski definition) is 5. The molecule has 0 fully saturated rings. The Hall–Kier alpha value is -1.76. The third-order valence-corrected chi connectivity index (χ3v) is 7.71. The molecule has 0 N–H and O–H groups in total. The molecule has 2 rings (SSSR count). The van der Waals surface area contributed by atoms with Crippen LogP contribution in [0.3, 0.4) is 0 Å². The van der Waals surface area contributed by atoms with Crippen molar-refractivity contribution in [3.05, 3.63) is 36.1 Å². The van der Waals surface area contributed by atoms with Gasteiger partial charge in [-0.3, -0.25) is 0 Å². The Morgan fingerprint density at radius 1 is 0.880 bits per heavy atom. The molecule has 2 aromatic rings. The van der Waals surface area contributed by atoms with Crippen molar-refractivity contribution >= 4 is 30.6 Å². The number of alkyl halides is 6. The van der Waals surface area contributed by atoms with E-state index in [1.807, 2.05) is 0 Å². The van der Waals surface area contributed by atoms with E-state index < -0.39 is 47.5 Å². The van der Waals surface area contributed by atoms with Crippen LogP contribution in [0.1, 0.15) is 5.76 Å². The zero-order valence-electron chi connectivity index (χ0n) is 11.8. The van der Waals surface area contributed by atoms with Gasteiger partial charge in [0.25, 0.3) is 19.7 Å². The summed E-state index contributed by atoms with van der Waals surface area (Å²) in [5.74, 6) is -0.646. The highest BCUT2D eigenvalue weighted by atomic mass is 32.3. The molecule has 1 aromatic carbocycles.